The van der Waals surface area contributed by atoms with Crippen molar-refractivity contribution in [3.8, 4) is 0 Å². The molecule has 0 atom stereocenters. The van der Waals surface area contributed by atoms with E-state index in [2.05, 4.69) is 10.1 Å². The van der Waals surface area contributed by atoms with E-state index in [1.165, 1.54) is 7.11 Å². The summed E-state index contributed by atoms with van der Waals surface area (Å²) in [5.74, 6) is -0.406. The van der Waals surface area contributed by atoms with Gasteiger partial charge in [-0.05, 0) is 7.05 Å². The molecule has 0 aliphatic carbocycles. The van der Waals surface area contributed by atoms with Crippen molar-refractivity contribution in [2.45, 2.75) is 0 Å². The molecule has 0 saturated carbocycles. The van der Waals surface area contributed by atoms with Gasteiger partial charge in [0, 0.05) is 6.54 Å². The third kappa shape index (κ3) is 35.0. The second kappa shape index (κ2) is 36.0. The van der Waals surface area contributed by atoms with Gasteiger partial charge in [0.05, 0.1) is 146 Å². The normalized spacial score (nSPS) is 11.3. The smallest absolute Gasteiger partial charge is 0.331 e. The Morgan fingerprint density at radius 3 is 0.850 bits per heavy atom. The number of rotatable bonds is 35. The summed E-state index contributed by atoms with van der Waals surface area (Å²) < 4.78 is 63.6. The summed E-state index contributed by atoms with van der Waals surface area (Å²) in [5.41, 5.74) is 0. The van der Waals surface area contributed by atoms with E-state index in [4.69, 9.17) is 52.1 Å². The lowest BCUT2D eigenvalue weighted by atomic mass is 10.6. The first kappa shape index (κ1) is 39.0. The van der Waals surface area contributed by atoms with Crippen LogP contribution in [0.1, 0.15) is 0 Å². The van der Waals surface area contributed by atoms with Crippen molar-refractivity contribution >= 4 is 5.97 Å². The van der Waals surface area contributed by atoms with Gasteiger partial charge in [-0.1, -0.05) is 0 Å². The Bertz CT molecular complexity index is 492. The summed E-state index contributed by atoms with van der Waals surface area (Å²) in [7, 11) is 3.21. The lowest BCUT2D eigenvalue weighted by Crippen LogP contribution is -2.17. The fourth-order valence-corrected chi connectivity index (χ4v) is 2.59. The molecule has 0 unspecified atom stereocenters. The van der Waals surface area contributed by atoms with Gasteiger partial charge in [-0.25, -0.2) is 4.79 Å². The third-order valence-corrected chi connectivity index (χ3v) is 4.66. The minimum Gasteiger partial charge on any atom is -0.467 e. The third-order valence-electron chi connectivity index (χ3n) is 4.66. The highest BCUT2D eigenvalue weighted by Gasteiger charge is 1.99. The van der Waals surface area contributed by atoms with Gasteiger partial charge in [-0.15, -0.1) is 0 Å². The highest BCUT2D eigenvalue weighted by atomic mass is 16.6. The number of ether oxygens (including phenoxy) is 12. The van der Waals surface area contributed by atoms with E-state index >= 15 is 0 Å². The largest absolute Gasteiger partial charge is 0.467 e. The second-order valence-electron chi connectivity index (χ2n) is 7.86. The van der Waals surface area contributed by atoms with E-state index in [1.807, 2.05) is 7.05 Å². The number of carbonyl (C=O) groups is 1. The molecule has 0 heterocycles. The standard InChI is InChI=1S/C26H53NO13/c1-27-3-4-30-5-6-31-7-8-32-9-10-33-11-12-34-13-14-35-15-16-36-17-18-37-19-20-38-21-22-39-23-24-40-25-26(28)29-2/h27H,3-25H2,1-2H3. The number of nitrogens with one attached hydrogen (secondary N) is 1. The Morgan fingerprint density at radius 2 is 0.625 bits per heavy atom. The Kier molecular flexibility index (Phi) is 35.1. The first-order chi connectivity index (χ1) is 19.8. The van der Waals surface area contributed by atoms with Crippen LogP contribution in [0.2, 0.25) is 0 Å². The van der Waals surface area contributed by atoms with Gasteiger partial charge in [0.1, 0.15) is 6.61 Å². The Balaban J connectivity index is 3.04. The molecule has 240 valence electrons. The summed E-state index contributed by atoms with van der Waals surface area (Å²) in [5, 5.41) is 3.01. The topological polar surface area (TPSA) is 140 Å². The van der Waals surface area contributed by atoms with Gasteiger partial charge in [0.25, 0.3) is 0 Å². The molecule has 14 heteroatoms. The monoisotopic (exact) mass is 587 g/mol. The summed E-state index contributed by atoms with van der Waals surface area (Å²) in [6, 6.07) is 0. The average Bonchev–Trinajstić information content (AvgIpc) is 2.97. The highest BCUT2D eigenvalue weighted by molar-refractivity contribution is 5.70. The van der Waals surface area contributed by atoms with E-state index in [1.54, 1.807) is 0 Å². The summed E-state index contributed by atoms with van der Waals surface area (Å²) in [6.45, 7) is 11.4. The van der Waals surface area contributed by atoms with Crippen molar-refractivity contribution in [1.29, 1.82) is 0 Å². The molecule has 1 N–H and O–H groups in total. The number of likely N-dealkylation sites (N-methyl/N-ethyl adjacent to an activating group) is 1. The van der Waals surface area contributed by atoms with Crippen LogP contribution in [0.5, 0.6) is 0 Å². The SMILES string of the molecule is CNCCOCCOCCOCCOCCOCCOCCOCCOCCOCCOCCOCC(=O)OC. The maximum absolute atomic E-state index is 10.8. The zero-order valence-electron chi connectivity index (χ0n) is 24.6. The summed E-state index contributed by atoms with van der Waals surface area (Å²) >= 11 is 0. The van der Waals surface area contributed by atoms with Crippen LogP contribution in [-0.4, -0.2) is 172 Å². The molecular weight excluding hydrogens is 534 g/mol. The molecule has 0 aromatic heterocycles. The summed E-state index contributed by atoms with van der Waals surface area (Å²) in [4.78, 5) is 10.8. The Hall–Kier alpha value is -1.01. The molecule has 0 rings (SSSR count). The fourth-order valence-electron chi connectivity index (χ4n) is 2.59. The van der Waals surface area contributed by atoms with Crippen molar-refractivity contribution in [2.24, 2.45) is 0 Å². The van der Waals surface area contributed by atoms with E-state index in [-0.39, 0.29) is 6.61 Å². The van der Waals surface area contributed by atoms with Gasteiger partial charge in [-0.2, -0.15) is 0 Å². The van der Waals surface area contributed by atoms with Crippen molar-refractivity contribution < 1.29 is 61.6 Å². The van der Waals surface area contributed by atoms with Gasteiger partial charge in [0.15, 0.2) is 0 Å². The molecule has 0 bridgehead atoms. The van der Waals surface area contributed by atoms with Crippen LogP contribution < -0.4 is 5.32 Å². The van der Waals surface area contributed by atoms with Gasteiger partial charge in [0.2, 0.25) is 0 Å². The molecule has 0 aliphatic rings. The van der Waals surface area contributed by atoms with E-state index in [0.717, 1.165) is 6.54 Å². The molecule has 0 aliphatic heterocycles. The van der Waals surface area contributed by atoms with Crippen LogP contribution in [0, 0.1) is 0 Å². The molecule has 14 nitrogen and oxygen atoms in total. The van der Waals surface area contributed by atoms with Crippen molar-refractivity contribution in [3.05, 3.63) is 0 Å². The molecule has 0 aromatic rings. The fraction of sp³-hybridized carbons (Fsp3) is 0.962. The van der Waals surface area contributed by atoms with E-state index in [9.17, 15) is 4.79 Å². The number of methoxy groups -OCH3 is 1. The van der Waals surface area contributed by atoms with Crippen LogP contribution in [0.4, 0.5) is 0 Å². The minimum absolute atomic E-state index is 0.0684. The van der Waals surface area contributed by atoms with Crippen LogP contribution in [-0.2, 0) is 61.6 Å². The van der Waals surface area contributed by atoms with E-state index < -0.39 is 5.97 Å². The van der Waals surface area contributed by atoms with Gasteiger partial charge < -0.3 is 62.2 Å². The summed E-state index contributed by atoms with van der Waals surface area (Å²) in [6.07, 6.45) is 0. The Morgan fingerprint density at radius 1 is 0.400 bits per heavy atom. The van der Waals surface area contributed by atoms with Crippen LogP contribution in [0.25, 0.3) is 0 Å². The molecule has 0 saturated heterocycles. The molecule has 0 aromatic carbocycles. The quantitative estimate of drug-likeness (QED) is 0.0757. The molecule has 0 radical (unpaired) electrons. The van der Waals surface area contributed by atoms with Crippen molar-refractivity contribution in [2.75, 3.05) is 166 Å². The van der Waals surface area contributed by atoms with Gasteiger partial charge >= 0.3 is 5.97 Å². The number of carbonyl (C=O) groups excluding carboxylic acids is 1. The molecule has 0 fully saturated rings. The number of hydrogen-bond acceptors (Lipinski definition) is 14. The maximum Gasteiger partial charge on any atom is 0.331 e. The zero-order valence-corrected chi connectivity index (χ0v) is 24.6. The minimum atomic E-state index is -0.406. The average molecular weight is 588 g/mol. The lowest BCUT2D eigenvalue weighted by Gasteiger charge is -2.09. The predicted octanol–water partition coefficient (Wildman–Crippen LogP) is -0.439. The first-order valence-corrected chi connectivity index (χ1v) is 13.9. The lowest BCUT2D eigenvalue weighted by molar-refractivity contribution is -0.146. The van der Waals surface area contributed by atoms with Crippen molar-refractivity contribution in [3.63, 3.8) is 0 Å². The van der Waals surface area contributed by atoms with Crippen LogP contribution >= 0.6 is 0 Å². The second-order valence-corrected chi connectivity index (χ2v) is 7.86. The zero-order chi connectivity index (χ0) is 29.0. The maximum atomic E-state index is 10.8. The van der Waals surface area contributed by atoms with Crippen LogP contribution in [0.3, 0.4) is 0 Å². The highest BCUT2D eigenvalue weighted by Crippen LogP contribution is 1.87. The molecule has 0 spiro atoms. The van der Waals surface area contributed by atoms with E-state index in [0.29, 0.717) is 139 Å². The first-order valence-electron chi connectivity index (χ1n) is 13.9. The molecular formula is C26H53NO13. The number of esters is 1. The molecule has 0 amide bonds. The van der Waals surface area contributed by atoms with Crippen molar-refractivity contribution in [1.82, 2.24) is 5.32 Å². The predicted molar refractivity (Wildman–Crippen MR) is 145 cm³/mol. The molecule has 40 heavy (non-hydrogen) atoms. The Labute approximate surface area is 239 Å². The van der Waals surface area contributed by atoms with Crippen LogP contribution in [0.15, 0.2) is 0 Å². The number of hydrogen-bond donors (Lipinski definition) is 1. The van der Waals surface area contributed by atoms with Gasteiger partial charge in [-0.3, -0.25) is 0 Å².